The molecule has 1 fully saturated rings. The van der Waals surface area contributed by atoms with E-state index in [4.69, 9.17) is 0 Å². The zero-order chi connectivity index (χ0) is 19.1. The summed E-state index contributed by atoms with van der Waals surface area (Å²) in [5, 5.41) is 0. The molecule has 0 radical (unpaired) electrons. The van der Waals surface area contributed by atoms with E-state index in [1.54, 1.807) is 0 Å². The number of β-lactam (4-membered cyclic amide) rings is 1. The summed E-state index contributed by atoms with van der Waals surface area (Å²) in [6, 6.07) is 12.4. The van der Waals surface area contributed by atoms with E-state index in [9.17, 15) is 26.4 Å². The van der Waals surface area contributed by atoms with Crippen molar-refractivity contribution in [2.75, 3.05) is 4.90 Å². The van der Waals surface area contributed by atoms with E-state index in [0.717, 1.165) is 23.3 Å². The molecule has 0 spiro atoms. The summed E-state index contributed by atoms with van der Waals surface area (Å²) in [7, 11) is -5.72. The average Bonchev–Trinajstić information content (AvgIpc) is 2.54. The van der Waals surface area contributed by atoms with Gasteiger partial charge in [0.1, 0.15) is 5.75 Å². The van der Waals surface area contributed by atoms with Crippen molar-refractivity contribution in [3.63, 3.8) is 0 Å². The lowest BCUT2D eigenvalue weighted by molar-refractivity contribution is -0.124. The van der Waals surface area contributed by atoms with Gasteiger partial charge < -0.3 is 9.08 Å². The summed E-state index contributed by atoms with van der Waals surface area (Å²) in [6.45, 7) is 1.95. The van der Waals surface area contributed by atoms with Crippen LogP contribution in [0.4, 0.5) is 18.9 Å². The maximum atomic E-state index is 12.3. The molecule has 1 aliphatic rings. The van der Waals surface area contributed by atoms with Crippen molar-refractivity contribution in [1.29, 1.82) is 0 Å². The Kier molecular flexibility index (Phi) is 4.43. The second-order valence-corrected chi connectivity index (χ2v) is 7.41. The highest BCUT2D eigenvalue weighted by Gasteiger charge is 2.48. The van der Waals surface area contributed by atoms with Gasteiger partial charge in [-0.3, -0.25) is 4.79 Å². The highest BCUT2D eigenvalue weighted by Crippen LogP contribution is 2.39. The number of hydrogen-bond acceptors (Lipinski definition) is 4. The Morgan fingerprint density at radius 2 is 1.62 bits per heavy atom. The molecule has 5 nitrogen and oxygen atoms in total. The molecule has 1 saturated heterocycles. The van der Waals surface area contributed by atoms with Crippen LogP contribution in [0.1, 0.15) is 23.6 Å². The molecule has 0 N–H and O–H groups in total. The molecule has 0 saturated carbocycles. The Hall–Kier alpha value is -2.55. The van der Waals surface area contributed by atoms with Gasteiger partial charge in [0.05, 0.1) is 12.5 Å². The van der Waals surface area contributed by atoms with E-state index < -0.39 is 21.4 Å². The average molecular weight is 385 g/mol. The molecule has 2 aromatic carbocycles. The zero-order valence-corrected chi connectivity index (χ0v) is 14.3. The first-order chi connectivity index (χ1) is 12.1. The van der Waals surface area contributed by atoms with Crippen molar-refractivity contribution in [3.05, 3.63) is 59.7 Å². The standard InChI is InChI=1S/C17H14F3NO4S/c1-11-2-4-12(5-3-11)15-10-16(22)21(15)13-6-8-14(9-7-13)25-26(23,24)17(18,19)20/h2-9,15H,10H2,1H3. The number of amides is 1. The second-order valence-electron chi connectivity index (χ2n) is 5.87. The molecule has 1 heterocycles. The van der Waals surface area contributed by atoms with E-state index in [-0.39, 0.29) is 11.9 Å². The van der Waals surface area contributed by atoms with E-state index in [1.807, 2.05) is 31.2 Å². The van der Waals surface area contributed by atoms with E-state index in [0.29, 0.717) is 12.1 Å². The van der Waals surface area contributed by atoms with Crippen LogP contribution in [0.25, 0.3) is 0 Å². The number of carbonyl (C=O) groups is 1. The van der Waals surface area contributed by atoms with Gasteiger partial charge in [-0.2, -0.15) is 21.6 Å². The van der Waals surface area contributed by atoms with E-state index in [1.165, 1.54) is 17.0 Å². The minimum Gasteiger partial charge on any atom is -0.376 e. The topological polar surface area (TPSA) is 63.7 Å². The molecule has 0 aliphatic carbocycles. The minimum atomic E-state index is -5.72. The molecule has 1 atom stereocenters. The molecule has 9 heteroatoms. The lowest BCUT2D eigenvalue weighted by Crippen LogP contribution is -2.46. The largest absolute Gasteiger partial charge is 0.534 e. The molecule has 1 unspecified atom stereocenters. The van der Waals surface area contributed by atoms with Gasteiger partial charge >= 0.3 is 15.6 Å². The molecule has 26 heavy (non-hydrogen) atoms. The molecule has 1 amide bonds. The maximum absolute atomic E-state index is 12.3. The predicted molar refractivity (Wildman–Crippen MR) is 88.1 cm³/mol. The maximum Gasteiger partial charge on any atom is 0.534 e. The van der Waals surface area contributed by atoms with E-state index >= 15 is 0 Å². The zero-order valence-electron chi connectivity index (χ0n) is 13.5. The van der Waals surface area contributed by atoms with Crippen molar-refractivity contribution in [2.24, 2.45) is 0 Å². The van der Waals surface area contributed by atoms with Crippen LogP contribution in [0, 0.1) is 6.92 Å². The fourth-order valence-corrected chi connectivity index (χ4v) is 3.09. The molecule has 0 bridgehead atoms. The quantitative estimate of drug-likeness (QED) is 0.457. The van der Waals surface area contributed by atoms with Crippen molar-refractivity contribution >= 4 is 21.7 Å². The smallest absolute Gasteiger partial charge is 0.376 e. The van der Waals surface area contributed by atoms with Crippen molar-refractivity contribution in [2.45, 2.75) is 24.9 Å². The Balaban J connectivity index is 1.79. The number of hydrogen-bond donors (Lipinski definition) is 0. The summed E-state index contributed by atoms with van der Waals surface area (Å²) in [5.41, 5.74) is -3.03. The summed E-state index contributed by atoms with van der Waals surface area (Å²) < 4.78 is 63.1. The van der Waals surface area contributed by atoms with Crippen LogP contribution in [-0.2, 0) is 14.9 Å². The number of nitrogens with zero attached hydrogens (tertiary/aromatic N) is 1. The number of aryl methyl sites for hydroxylation is 1. The lowest BCUT2D eigenvalue weighted by Gasteiger charge is -2.40. The molecule has 1 aliphatic heterocycles. The van der Waals surface area contributed by atoms with Crippen LogP contribution < -0.4 is 9.08 Å². The van der Waals surface area contributed by atoms with Gasteiger partial charge in [-0.05, 0) is 36.8 Å². The van der Waals surface area contributed by atoms with Gasteiger partial charge in [0.15, 0.2) is 0 Å². The molecule has 2 aromatic rings. The summed E-state index contributed by atoms with van der Waals surface area (Å²) in [4.78, 5) is 13.5. The number of carbonyl (C=O) groups excluding carboxylic acids is 1. The summed E-state index contributed by atoms with van der Waals surface area (Å²) in [5.74, 6) is -0.613. The summed E-state index contributed by atoms with van der Waals surface area (Å²) >= 11 is 0. The predicted octanol–water partition coefficient (Wildman–Crippen LogP) is 3.70. The fourth-order valence-electron chi connectivity index (χ4n) is 2.63. The Morgan fingerprint density at radius 3 is 2.12 bits per heavy atom. The third kappa shape index (κ3) is 3.39. The van der Waals surface area contributed by atoms with Crippen molar-refractivity contribution in [1.82, 2.24) is 0 Å². The first-order valence-corrected chi connectivity index (χ1v) is 8.99. The van der Waals surface area contributed by atoms with Gasteiger partial charge in [-0.25, -0.2) is 0 Å². The van der Waals surface area contributed by atoms with Crippen LogP contribution >= 0.6 is 0 Å². The number of halogens is 3. The van der Waals surface area contributed by atoms with Crippen molar-refractivity contribution in [3.8, 4) is 5.75 Å². The Bertz CT molecular complexity index is 922. The van der Waals surface area contributed by atoms with Crippen LogP contribution in [0.2, 0.25) is 0 Å². The minimum absolute atomic E-state index is 0.132. The number of rotatable bonds is 4. The normalized spacial score (nSPS) is 17.8. The SMILES string of the molecule is Cc1ccc(C2CC(=O)N2c2ccc(OS(=O)(=O)C(F)(F)F)cc2)cc1. The van der Waals surface area contributed by atoms with Gasteiger partial charge in [-0.15, -0.1) is 0 Å². The third-order valence-corrected chi connectivity index (χ3v) is 4.99. The first-order valence-electron chi connectivity index (χ1n) is 7.58. The molecule has 3 rings (SSSR count). The second kappa shape index (κ2) is 6.31. The highest BCUT2D eigenvalue weighted by atomic mass is 32.2. The van der Waals surface area contributed by atoms with Crippen LogP contribution in [0.5, 0.6) is 5.75 Å². The lowest BCUT2D eigenvalue weighted by atomic mass is 9.92. The Labute approximate surface area is 148 Å². The molecular weight excluding hydrogens is 371 g/mol. The fraction of sp³-hybridized carbons (Fsp3) is 0.235. The number of benzene rings is 2. The number of alkyl halides is 3. The van der Waals surface area contributed by atoms with Gasteiger partial charge in [0.2, 0.25) is 5.91 Å². The monoisotopic (exact) mass is 385 g/mol. The molecule has 0 aromatic heterocycles. The molecule has 138 valence electrons. The number of anilines is 1. The van der Waals surface area contributed by atoms with Gasteiger partial charge in [0.25, 0.3) is 0 Å². The van der Waals surface area contributed by atoms with Gasteiger partial charge in [0, 0.05) is 5.69 Å². The Morgan fingerprint density at radius 1 is 1.04 bits per heavy atom. The van der Waals surface area contributed by atoms with Crippen LogP contribution in [-0.4, -0.2) is 19.8 Å². The van der Waals surface area contributed by atoms with Crippen LogP contribution in [0.15, 0.2) is 48.5 Å². The summed E-state index contributed by atoms with van der Waals surface area (Å²) in [6.07, 6.45) is 0.323. The van der Waals surface area contributed by atoms with E-state index in [2.05, 4.69) is 4.18 Å². The molecular formula is C17H14F3NO4S. The van der Waals surface area contributed by atoms with Crippen LogP contribution in [0.3, 0.4) is 0 Å². The highest BCUT2D eigenvalue weighted by molar-refractivity contribution is 7.88. The third-order valence-electron chi connectivity index (χ3n) is 4.01. The first kappa shape index (κ1) is 18.2. The van der Waals surface area contributed by atoms with Gasteiger partial charge in [-0.1, -0.05) is 29.8 Å². The van der Waals surface area contributed by atoms with Crippen molar-refractivity contribution < 1.29 is 30.6 Å².